The lowest BCUT2D eigenvalue weighted by atomic mass is 10.1. The number of benzene rings is 2. The molecule has 0 N–H and O–H groups in total. The number of para-hydroxylation sites is 2. The molecule has 1 fully saturated rings. The van der Waals surface area contributed by atoms with Gasteiger partial charge in [0.15, 0.2) is 0 Å². The molecule has 0 unspecified atom stereocenters. The molecule has 25 heavy (non-hydrogen) atoms. The summed E-state index contributed by atoms with van der Waals surface area (Å²) in [5.41, 5.74) is 1.58. The molecule has 2 amide bonds. The molecule has 0 radical (unpaired) electrons. The van der Waals surface area contributed by atoms with E-state index < -0.39 is 6.04 Å². The van der Waals surface area contributed by atoms with Gasteiger partial charge in [-0.3, -0.25) is 14.5 Å². The summed E-state index contributed by atoms with van der Waals surface area (Å²) in [6.07, 6.45) is 0.171. The Kier molecular flexibility index (Phi) is 5.20. The van der Waals surface area contributed by atoms with E-state index in [1.54, 1.807) is 18.2 Å². The number of ether oxygens (including phenoxy) is 1. The number of likely N-dealkylation sites (N-methyl/N-ethyl adjacent to an activating group) is 1. The van der Waals surface area contributed by atoms with Crippen LogP contribution in [-0.4, -0.2) is 36.9 Å². The van der Waals surface area contributed by atoms with E-state index in [-0.39, 0.29) is 18.2 Å². The Morgan fingerprint density at radius 3 is 2.52 bits per heavy atom. The number of anilines is 1. The molecule has 3 rings (SSSR count). The molecule has 0 aliphatic carbocycles. The van der Waals surface area contributed by atoms with Crippen molar-refractivity contribution >= 4 is 33.4 Å². The van der Waals surface area contributed by atoms with Gasteiger partial charge in [-0.2, -0.15) is 0 Å². The number of amides is 2. The smallest absolute Gasteiger partial charge is 0.251 e. The average Bonchev–Trinajstić information content (AvgIpc) is 2.91. The highest BCUT2D eigenvalue weighted by atomic mass is 79.9. The fourth-order valence-corrected chi connectivity index (χ4v) is 3.28. The van der Waals surface area contributed by atoms with Crippen molar-refractivity contribution in [2.75, 3.05) is 19.1 Å². The van der Waals surface area contributed by atoms with Crippen LogP contribution in [0.4, 0.5) is 5.69 Å². The Bertz CT molecular complexity index is 792. The van der Waals surface area contributed by atoms with Crippen molar-refractivity contribution in [1.82, 2.24) is 4.90 Å². The minimum atomic E-state index is -0.471. The van der Waals surface area contributed by atoms with Crippen LogP contribution in [0.15, 0.2) is 53.0 Å². The van der Waals surface area contributed by atoms with Gasteiger partial charge in [0.25, 0.3) is 5.91 Å². The molecule has 1 heterocycles. The topological polar surface area (TPSA) is 49.9 Å². The van der Waals surface area contributed by atoms with E-state index >= 15 is 0 Å². The third-order valence-electron chi connectivity index (χ3n) is 4.33. The number of halogens is 1. The minimum absolute atomic E-state index is 0.171. The van der Waals surface area contributed by atoms with Gasteiger partial charge >= 0.3 is 0 Å². The molecule has 0 bridgehead atoms. The van der Waals surface area contributed by atoms with Crippen LogP contribution in [0.2, 0.25) is 0 Å². The molecule has 2 aromatic rings. The summed E-state index contributed by atoms with van der Waals surface area (Å²) in [4.78, 5) is 28.5. The van der Waals surface area contributed by atoms with Gasteiger partial charge in [0, 0.05) is 11.0 Å². The number of imide groups is 1. The van der Waals surface area contributed by atoms with E-state index in [0.29, 0.717) is 18.0 Å². The van der Waals surface area contributed by atoms with E-state index in [4.69, 9.17) is 4.74 Å². The zero-order valence-corrected chi connectivity index (χ0v) is 15.7. The monoisotopic (exact) mass is 402 g/mol. The van der Waals surface area contributed by atoms with E-state index in [2.05, 4.69) is 15.9 Å². The van der Waals surface area contributed by atoms with Crippen molar-refractivity contribution < 1.29 is 14.3 Å². The van der Waals surface area contributed by atoms with Crippen molar-refractivity contribution in [3.63, 3.8) is 0 Å². The molecule has 130 valence electrons. The van der Waals surface area contributed by atoms with Crippen molar-refractivity contribution in [1.29, 1.82) is 0 Å². The van der Waals surface area contributed by atoms with Crippen LogP contribution >= 0.6 is 15.9 Å². The highest BCUT2D eigenvalue weighted by Crippen LogP contribution is 2.33. The van der Waals surface area contributed by atoms with Crippen molar-refractivity contribution in [3.8, 4) is 5.75 Å². The van der Waals surface area contributed by atoms with Gasteiger partial charge < -0.3 is 4.74 Å². The van der Waals surface area contributed by atoms with Crippen molar-refractivity contribution in [2.24, 2.45) is 0 Å². The largest absolute Gasteiger partial charge is 0.495 e. The highest BCUT2D eigenvalue weighted by Gasteiger charge is 2.42. The molecule has 1 saturated heterocycles. The summed E-state index contributed by atoms with van der Waals surface area (Å²) >= 11 is 3.41. The first-order valence-electron chi connectivity index (χ1n) is 7.95. The summed E-state index contributed by atoms with van der Waals surface area (Å²) in [5, 5.41) is 0. The maximum absolute atomic E-state index is 12.9. The van der Waals surface area contributed by atoms with E-state index in [9.17, 15) is 9.59 Å². The number of rotatable bonds is 5. The third kappa shape index (κ3) is 3.60. The number of nitrogens with zero attached hydrogens (tertiary/aromatic N) is 2. The second-order valence-corrected chi connectivity index (χ2v) is 6.92. The maximum atomic E-state index is 12.9. The lowest BCUT2D eigenvalue weighted by Gasteiger charge is -2.23. The normalized spacial score (nSPS) is 17.4. The molecule has 2 aromatic carbocycles. The molecular weight excluding hydrogens is 384 g/mol. The van der Waals surface area contributed by atoms with Gasteiger partial charge in [0.1, 0.15) is 5.75 Å². The van der Waals surface area contributed by atoms with Gasteiger partial charge in [0.2, 0.25) is 5.91 Å². The molecule has 6 heteroatoms. The lowest BCUT2D eigenvalue weighted by Crippen LogP contribution is -2.39. The van der Waals surface area contributed by atoms with Crippen LogP contribution in [0.25, 0.3) is 0 Å². The van der Waals surface area contributed by atoms with Gasteiger partial charge in [-0.15, -0.1) is 0 Å². The fourth-order valence-electron chi connectivity index (χ4n) is 3.02. The lowest BCUT2D eigenvalue weighted by molar-refractivity contribution is -0.122. The summed E-state index contributed by atoms with van der Waals surface area (Å²) in [6, 6.07) is 14.5. The van der Waals surface area contributed by atoms with Crippen LogP contribution in [0, 0.1) is 0 Å². The maximum Gasteiger partial charge on any atom is 0.251 e. The molecular formula is C19H19BrN2O3. The van der Waals surface area contributed by atoms with E-state index in [1.165, 1.54) is 12.0 Å². The zero-order valence-electron chi connectivity index (χ0n) is 14.1. The van der Waals surface area contributed by atoms with Crippen LogP contribution in [-0.2, 0) is 16.1 Å². The minimum Gasteiger partial charge on any atom is -0.495 e. The van der Waals surface area contributed by atoms with Crippen LogP contribution in [0.5, 0.6) is 5.75 Å². The quantitative estimate of drug-likeness (QED) is 0.720. The predicted molar refractivity (Wildman–Crippen MR) is 99.5 cm³/mol. The van der Waals surface area contributed by atoms with Gasteiger partial charge in [-0.05, 0) is 36.9 Å². The summed E-state index contributed by atoms with van der Waals surface area (Å²) in [5.74, 6) is 0.0941. The summed E-state index contributed by atoms with van der Waals surface area (Å²) < 4.78 is 6.30. The van der Waals surface area contributed by atoms with E-state index in [0.717, 1.165) is 10.0 Å². The third-order valence-corrected chi connectivity index (χ3v) is 4.85. The van der Waals surface area contributed by atoms with Crippen LogP contribution in [0.3, 0.4) is 0 Å². The first-order chi connectivity index (χ1) is 12.0. The number of hydrogen-bond acceptors (Lipinski definition) is 4. The standard InChI is InChI=1S/C19H19BrN2O3/c1-21(12-13-7-9-14(20)10-8-13)16-11-18(23)22(19(16)24)15-5-3-4-6-17(15)25-2/h3-10,16H,11-12H2,1-2H3/t16-/m0/s1. The molecule has 1 atom stereocenters. The number of carbonyl (C=O) groups is 2. The van der Waals surface area contributed by atoms with Gasteiger partial charge in [-0.1, -0.05) is 40.2 Å². The molecule has 1 aliphatic rings. The van der Waals surface area contributed by atoms with Crippen molar-refractivity contribution in [3.05, 3.63) is 58.6 Å². The number of hydrogen-bond donors (Lipinski definition) is 0. The second-order valence-electron chi connectivity index (χ2n) is 6.00. The summed E-state index contributed by atoms with van der Waals surface area (Å²) in [7, 11) is 3.39. The molecule has 0 aromatic heterocycles. The average molecular weight is 403 g/mol. The van der Waals surface area contributed by atoms with Gasteiger partial charge in [0.05, 0.1) is 25.3 Å². The molecule has 0 saturated carbocycles. The first-order valence-corrected chi connectivity index (χ1v) is 8.75. The summed E-state index contributed by atoms with van der Waals surface area (Å²) in [6.45, 7) is 0.594. The molecule has 0 spiro atoms. The van der Waals surface area contributed by atoms with Crippen LogP contribution in [0.1, 0.15) is 12.0 Å². The molecule has 5 nitrogen and oxygen atoms in total. The molecule has 1 aliphatic heterocycles. The predicted octanol–water partition coefficient (Wildman–Crippen LogP) is 3.22. The Hall–Kier alpha value is -2.18. The fraction of sp³-hybridized carbons (Fsp3) is 0.263. The highest BCUT2D eigenvalue weighted by molar-refractivity contribution is 9.10. The Balaban J connectivity index is 1.79. The van der Waals surface area contributed by atoms with E-state index in [1.807, 2.05) is 42.3 Å². The van der Waals surface area contributed by atoms with Crippen molar-refractivity contribution in [2.45, 2.75) is 19.0 Å². The zero-order chi connectivity index (χ0) is 18.0. The number of methoxy groups -OCH3 is 1. The van der Waals surface area contributed by atoms with Crippen LogP contribution < -0.4 is 9.64 Å². The Morgan fingerprint density at radius 1 is 1.16 bits per heavy atom. The number of carbonyl (C=O) groups excluding carboxylic acids is 2. The van der Waals surface area contributed by atoms with Gasteiger partial charge in [-0.25, -0.2) is 4.90 Å². The Morgan fingerprint density at radius 2 is 1.84 bits per heavy atom. The Labute approximate surface area is 155 Å². The first kappa shape index (κ1) is 17.6. The second kappa shape index (κ2) is 7.37. The SMILES string of the molecule is COc1ccccc1N1C(=O)C[C@H](N(C)Cc2ccc(Br)cc2)C1=O.